The van der Waals surface area contributed by atoms with E-state index in [1.165, 1.54) is 6.08 Å². The van der Waals surface area contributed by atoms with Crippen LogP contribution in [0.2, 0.25) is 0 Å². The Kier molecular flexibility index (Phi) is 7.11. The van der Waals surface area contributed by atoms with Crippen LogP contribution >= 0.6 is 0 Å². The van der Waals surface area contributed by atoms with Gasteiger partial charge in [-0.25, -0.2) is 9.59 Å². The summed E-state index contributed by atoms with van der Waals surface area (Å²) >= 11 is 0. The van der Waals surface area contributed by atoms with Crippen LogP contribution in [0.3, 0.4) is 0 Å². The summed E-state index contributed by atoms with van der Waals surface area (Å²) in [6.07, 6.45) is 1.46. The van der Waals surface area contributed by atoms with Crippen molar-refractivity contribution >= 4 is 18.0 Å². The van der Waals surface area contributed by atoms with E-state index < -0.39 is 11.9 Å². The fraction of sp³-hybridized carbons (Fsp3) is 0.185. The maximum absolute atomic E-state index is 13.0. The molecule has 0 N–H and O–H groups in total. The molecule has 0 fully saturated rings. The summed E-state index contributed by atoms with van der Waals surface area (Å²) < 4.78 is 16.3. The fourth-order valence-electron chi connectivity index (χ4n) is 3.21. The zero-order valence-electron chi connectivity index (χ0n) is 18.9. The molecule has 0 unspecified atom stereocenters. The molecular formula is C27H26O5. The second-order valence-corrected chi connectivity index (χ2v) is 7.65. The summed E-state index contributed by atoms with van der Waals surface area (Å²) in [4.78, 5) is 26.1. The fourth-order valence-corrected chi connectivity index (χ4v) is 3.21. The van der Waals surface area contributed by atoms with E-state index in [1.54, 1.807) is 43.5 Å². The maximum Gasteiger partial charge on any atom is 0.351 e. The van der Waals surface area contributed by atoms with Crippen LogP contribution in [-0.4, -0.2) is 19.0 Å². The Morgan fingerprint density at radius 2 is 1.16 bits per heavy atom. The van der Waals surface area contributed by atoms with Gasteiger partial charge in [-0.2, -0.15) is 0 Å². The predicted molar refractivity (Wildman–Crippen MR) is 124 cm³/mol. The van der Waals surface area contributed by atoms with Crippen LogP contribution in [0.4, 0.5) is 0 Å². The van der Waals surface area contributed by atoms with Gasteiger partial charge in [-0.05, 0) is 74.7 Å². The first kappa shape index (κ1) is 22.8. The molecule has 3 aromatic rings. The minimum atomic E-state index is -0.789. The highest BCUT2D eigenvalue weighted by atomic mass is 16.6. The van der Waals surface area contributed by atoms with E-state index >= 15 is 0 Å². The number of methoxy groups -OCH3 is 1. The Morgan fingerprint density at radius 3 is 1.56 bits per heavy atom. The molecule has 0 spiro atoms. The van der Waals surface area contributed by atoms with Gasteiger partial charge >= 0.3 is 11.9 Å². The van der Waals surface area contributed by atoms with Gasteiger partial charge in [-0.1, -0.05) is 47.5 Å². The van der Waals surface area contributed by atoms with Gasteiger partial charge in [0, 0.05) is 0 Å². The molecule has 5 nitrogen and oxygen atoms in total. The highest BCUT2D eigenvalue weighted by Gasteiger charge is 2.24. The molecule has 0 radical (unpaired) electrons. The molecule has 0 heterocycles. The molecule has 5 heteroatoms. The van der Waals surface area contributed by atoms with Crippen LogP contribution in [-0.2, 0) is 9.59 Å². The van der Waals surface area contributed by atoms with Crippen LogP contribution in [0.25, 0.3) is 6.08 Å². The second-order valence-electron chi connectivity index (χ2n) is 7.65. The van der Waals surface area contributed by atoms with Crippen LogP contribution < -0.4 is 14.2 Å². The van der Waals surface area contributed by atoms with Crippen molar-refractivity contribution in [2.75, 3.05) is 7.11 Å². The van der Waals surface area contributed by atoms with E-state index in [9.17, 15) is 9.59 Å². The number of hydrogen-bond acceptors (Lipinski definition) is 5. The van der Waals surface area contributed by atoms with E-state index in [1.807, 2.05) is 52.0 Å². The SMILES string of the molecule is COc1ccc(C=C(C(=O)Oc2ccc(C)cc2C)C(=O)Oc2ccc(C)cc2C)cc1. The topological polar surface area (TPSA) is 61.8 Å². The van der Waals surface area contributed by atoms with Gasteiger partial charge in [0.2, 0.25) is 0 Å². The van der Waals surface area contributed by atoms with Crippen molar-refractivity contribution in [3.63, 3.8) is 0 Å². The first-order chi connectivity index (χ1) is 15.3. The molecule has 0 aliphatic rings. The van der Waals surface area contributed by atoms with Gasteiger partial charge in [0.05, 0.1) is 7.11 Å². The molecule has 0 aromatic heterocycles. The van der Waals surface area contributed by atoms with Crippen molar-refractivity contribution in [3.8, 4) is 17.2 Å². The summed E-state index contributed by atoms with van der Waals surface area (Å²) in [6.45, 7) is 7.59. The van der Waals surface area contributed by atoms with Crippen LogP contribution in [0, 0.1) is 27.7 Å². The lowest BCUT2D eigenvalue weighted by molar-refractivity contribution is -0.137. The lowest BCUT2D eigenvalue weighted by Crippen LogP contribution is -2.23. The van der Waals surface area contributed by atoms with Gasteiger partial charge in [-0.15, -0.1) is 0 Å². The quantitative estimate of drug-likeness (QED) is 0.169. The first-order valence-corrected chi connectivity index (χ1v) is 10.2. The molecular weight excluding hydrogens is 404 g/mol. The number of esters is 2. The number of carbonyl (C=O) groups is 2. The molecule has 0 atom stereocenters. The summed E-state index contributed by atoms with van der Waals surface area (Å²) in [5.74, 6) is -0.134. The Hall–Kier alpha value is -3.86. The molecule has 0 aliphatic carbocycles. The molecule has 0 saturated carbocycles. The van der Waals surface area contributed by atoms with E-state index in [4.69, 9.17) is 14.2 Å². The number of aryl methyl sites for hydroxylation is 4. The van der Waals surface area contributed by atoms with Crippen molar-refractivity contribution in [1.82, 2.24) is 0 Å². The van der Waals surface area contributed by atoms with Crippen molar-refractivity contribution < 1.29 is 23.8 Å². The third-order valence-corrected chi connectivity index (χ3v) is 4.93. The number of ether oxygens (including phenoxy) is 3. The van der Waals surface area contributed by atoms with E-state index in [2.05, 4.69) is 0 Å². The normalized spacial score (nSPS) is 10.3. The summed E-state index contributed by atoms with van der Waals surface area (Å²) in [6, 6.07) is 17.9. The third kappa shape index (κ3) is 5.64. The molecule has 0 bridgehead atoms. The molecule has 32 heavy (non-hydrogen) atoms. The second kappa shape index (κ2) is 9.96. The van der Waals surface area contributed by atoms with Crippen LogP contribution in [0.1, 0.15) is 27.8 Å². The van der Waals surface area contributed by atoms with E-state index in [0.29, 0.717) is 22.8 Å². The molecule has 164 valence electrons. The minimum Gasteiger partial charge on any atom is -0.497 e. The molecule has 3 rings (SSSR count). The van der Waals surface area contributed by atoms with Crippen LogP contribution in [0.5, 0.6) is 17.2 Å². The van der Waals surface area contributed by atoms with Crippen molar-refractivity contribution in [1.29, 1.82) is 0 Å². The van der Waals surface area contributed by atoms with Crippen LogP contribution in [0.15, 0.2) is 66.2 Å². The first-order valence-electron chi connectivity index (χ1n) is 10.2. The molecule has 0 saturated heterocycles. The van der Waals surface area contributed by atoms with E-state index in [-0.39, 0.29) is 5.57 Å². The number of rotatable bonds is 6. The zero-order chi connectivity index (χ0) is 23.3. The van der Waals surface area contributed by atoms with Crippen molar-refractivity contribution in [2.45, 2.75) is 27.7 Å². The van der Waals surface area contributed by atoms with Crippen molar-refractivity contribution in [3.05, 3.63) is 94.1 Å². The van der Waals surface area contributed by atoms with Gasteiger partial charge in [-0.3, -0.25) is 0 Å². The highest BCUT2D eigenvalue weighted by molar-refractivity contribution is 6.18. The Morgan fingerprint density at radius 1 is 0.688 bits per heavy atom. The Balaban J connectivity index is 1.94. The Labute approximate surface area is 188 Å². The van der Waals surface area contributed by atoms with E-state index in [0.717, 1.165) is 22.3 Å². The monoisotopic (exact) mass is 430 g/mol. The largest absolute Gasteiger partial charge is 0.497 e. The standard InChI is InChI=1S/C27H26O5/c1-17-6-12-24(19(3)14-17)31-26(28)23(16-21-8-10-22(30-5)11-9-21)27(29)32-25-13-7-18(2)15-20(25)4/h6-16H,1-5H3. The van der Waals surface area contributed by atoms with Gasteiger partial charge in [0.25, 0.3) is 0 Å². The van der Waals surface area contributed by atoms with Gasteiger partial charge in [0.1, 0.15) is 22.8 Å². The predicted octanol–water partition coefficient (Wildman–Crippen LogP) is 5.52. The lowest BCUT2D eigenvalue weighted by atomic mass is 10.1. The minimum absolute atomic E-state index is 0.213. The van der Waals surface area contributed by atoms with Gasteiger partial charge in [0.15, 0.2) is 0 Å². The number of carbonyl (C=O) groups excluding carboxylic acids is 2. The molecule has 3 aromatic carbocycles. The number of hydrogen-bond donors (Lipinski definition) is 0. The summed E-state index contributed by atoms with van der Waals surface area (Å²) in [7, 11) is 1.57. The third-order valence-electron chi connectivity index (χ3n) is 4.93. The summed E-state index contributed by atoms with van der Waals surface area (Å²) in [5.41, 5.74) is 4.11. The Bertz CT molecular complexity index is 1110. The number of benzene rings is 3. The average Bonchev–Trinajstić information content (AvgIpc) is 2.76. The van der Waals surface area contributed by atoms with Gasteiger partial charge < -0.3 is 14.2 Å². The summed E-state index contributed by atoms with van der Waals surface area (Å²) in [5, 5.41) is 0. The smallest absolute Gasteiger partial charge is 0.351 e. The zero-order valence-corrected chi connectivity index (χ0v) is 18.9. The maximum atomic E-state index is 13.0. The van der Waals surface area contributed by atoms with Crippen molar-refractivity contribution in [2.24, 2.45) is 0 Å². The molecule has 0 amide bonds. The molecule has 0 aliphatic heterocycles. The average molecular weight is 431 g/mol. The lowest BCUT2D eigenvalue weighted by Gasteiger charge is -2.12. The highest BCUT2D eigenvalue weighted by Crippen LogP contribution is 2.24.